The molecule has 4 aliphatic heterocycles. The Hall–Kier alpha value is -2.05. The van der Waals surface area contributed by atoms with Crippen LogP contribution in [-0.2, 0) is 9.47 Å². The van der Waals surface area contributed by atoms with Crippen LogP contribution in [0.4, 0.5) is 22.6 Å². The minimum atomic E-state index is -0.0195. The largest absolute Gasteiger partial charge is 0.378 e. The minimum Gasteiger partial charge on any atom is -0.378 e. The van der Waals surface area contributed by atoms with Crippen LogP contribution in [0.3, 0.4) is 0 Å². The maximum absolute atomic E-state index is 11.5. The van der Waals surface area contributed by atoms with Gasteiger partial charge in [0.25, 0.3) is 0 Å². The summed E-state index contributed by atoms with van der Waals surface area (Å²) in [4.78, 5) is 30.0. The van der Waals surface area contributed by atoms with E-state index in [1.54, 1.807) is 0 Å². The second kappa shape index (κ2) is 10.3. The van der Waals surface area contributed by atoms with Crippen molar-refractivity contribution in [1.82, 2.24) is 25.6 Å². The summed E-state index contributed by atoms with van der Waals surface area (Å²) in [5.74, 6) is 3.06. The van der Waals surface area contributed by atoms with Crippen molar-refractivity contribution in [1.29, 1.82) is 0 Å². The lowest BCUT2D eigenvalue weighted by Crippen LogP contribution is -2.40. The molecule has 32 heavy (non-hydrogen) atoms. The van der Waals surface area contributed by atoms with Gasteiger partial charge in [-0.15, -0.1) is 0 Å². The van der Waals surface area contributed by atoms with Crippen molar-refractivity contribution in [2.45, 2.75) is 36.6 Å². The molecule has 4 fully saturated rings. The van der Waals surface area contributed by atoms with Gasteiger partial charge in [0, 0.05) is 43.7 Å². The highest BCUT2D eigenvalue weighted by Gasteiger charge is 2.42. The summed E-state index contributed by atoms with van der Waals surface area (Å²) in [7, 11) is 0. The Kier molecular flexibility index (Phi) is 6.98. The molecule has 0 radical (unpaired) electrons. The molecule has 5 rings (SSSR count). The van der Waals surface area contributed by atoms with Gasteiger partial charge < -0.3 is 35.2 Å². The van der Waals surface area contributed by atoms with E-state index in [1.165, 1.54) is 0 Å². The first-order valence-electron chi connectivity index (χ1n) is 11.6. The average Bonchev–Trinajstić information content (AvgIpc) is 3.39. The zero-order valence-corrected chi connectivity index (χ0v) is 19.1. The molecule has 12 heteroatoms. The van der Waals surface area contributed by atoms with Gasteiger partial charge in [-0.25, -0.2) is 4.79 Å². The highest BCUT2D eigenvalue weighted by molar-refractivity contribution is 8.00. The second-order valence-corrected chi connectivity index (χ2v) is 9.77. The van der Waals surface area contributed by atoms with Crippen LogP contribution >= 0.6 is 11.8 Å². The zero-order valence-electron chi connectivity index (χ0n) is 18.3. The van der Waals surface area contributed by atoms with Crippen LogP contribution < -0.4 is 25.8 Å². The monoisotopic (exact) mass is 464 g/mol. The molecule has 0 unspecified atom stereocenters. The predicted molar refractivity (Wildman–Crippen MR) is 124 cm³/mol. The number of carbonyl (C=O) groups is 1. The molecule has 1 aromatic heterocycles. The maximum Gasteiger partial charge on any atom is 0.315 e. The summed E-state index contributed by atoms with van der Waals surface area (Å²) >= 11 is 1.96. The van der Waals surface area contributed by atoms with Gasteiger partial charge in [-0.1, -0.05) is 6.42 Å². The molecule has 0 saturated carbocycles. The van der Waals surface area contributed by atoms with Gasteiger partial charge in [-0.2, -0.15) is 26.7 Å². The average molecular weight is 465 g/mol. The number of thioether (sulfide) groups is 1. The number of carbonyl (C=O) groups excluding carboxylic acids is 1. The molecule has 0 spiro atoms. The number of anilines is 3. The number of hydrogen-bond donors (Lipinski definition) is 3. The van der Waals surface area contributed by atoms with Crippen LogP contribution in [0.1, 0.15) is 19.3 Å². The molecule has 2 amide bonds. The number of amides is 2. The van der Waals surface area contributed by atoms with Crippen molar-refractivity contribution in [3.8, 4) is 0 Å². The van der Waals surface area contributed by atoms with E-state index in [-0.39, 0.29) is 18.1 Å². The summed E-state index contributed by atoms with van der Waals surface area (Å²) in [6.07, 6.45) is 3.23. The number of aromatic nitrogens is 3. The Bertz CT molecular complexity index is 754. The lowest BCUT2D eigenvalue weighted by Gasteiger charge is -2.30. The van der Waals surface area contributed by atoms with Crippen molar-refractivity contribution < 1.29 is 14.3 Å². The third kappa shape index (κ3) is 5.12. The van der Waals surface area contributed by atoms with Crippen LogP contribution in [0.5, 0.6) is 0 Å². The molecule has 3 atom stereocenters. The van der Waals surface area contributed by atoms with Crippen molar-refractivity contribution in [3.63, 3.8) is 0 Å². The Morgan fingerprint density at radius 3 is 2.25 bits per heavy atom. The van der Waals surface area contributed by atoms with Gasteiger partial charge in [0.05, 0.1) is 38.5 Å². The SMILES string of the molecule is O=C1N[C@H]2[C@H](CS[C@H]2CCCCNc2nc(N3CCOCC3)nc(N3CCOCC3)n2)N1. The zero-order chi connectivity index (χ0) is 21.8. The first kappa shape index (κ1) is 21.8. The number of nitrogens with zero attached hydrogens (tertiary/aromatic N) is 5. The third-order valence-electron chi connectivity index (χ3n) is 6.34. The standard InChI is InChI=1S/C20H32N8O3S/c29-20-22-14-13-32-15(16(14)23-20)3-1-2-4-21-17-24-18(27-5-9-30-10-6-27)26-19(25-17)28-7-11-31-12-8-28/h14-16H,1-13H2,(H2,22,23,29)(H,21,24,25,26)/t14-,15-,16-/m0/s1. The normalized spacial score (nSPS) is 27.8. The molecule has 176 valence electrons. The number of rotatable bonds is 8. The fourth-order valence-corrected chi connectivity index (χ4v) is 6.10. The number of hydrogen-bond acceptors (Lipinski definition) is 10. The molecule has 0 aliphatic carbocycles. The van der Waals surface area contributed by atoms with E-state index in [0.29, 0.717) is 49.5 Å². The van der Waals surface area contributed by atoms with E-state index in [0.717, 1.165) is 57.7 Å². The molecule has 0 aromatic carbocycles. The highest BCUT2D eigenvalue weighted by Crippen LogP contribution is 2.33. The lowest BCUT2D eigenvalue weighted by molar-refractivity contribution is 0.121. The smallest absolute Gasteiger partial charge is 0.315 e. The predicted octanol–water partition coefficient (Wildman–Crippen LogP) is 0.292. The van der Waals surface area contributed by atoms with E-state index < -0.39 is 0 Å². The summed E-state index contributed by atoms with van der Waals surface area (Å²) in [6.45, 7) is 6.74. The quantitative estimate of drug-likeness (QED) is 0.366. The van der Waals surface area contributed by atoms with Gasteiger partial charge in [0.15, 0.2) is 0 Å². The van der Waals surface area contributed by atoms with Crippen molar-refractivity contribution in [3.05, 3.63) is 0 Å². The van der Waals surface area contributed by atoms with E-state index in [9.17, 15) is 4.79 Å². The number of urea groups is 1. The van der Waals surface area contributed by atoms with E-state index in [1.807, 2.05) is 11.8 Å². The van der Waals surface area contributed by atoms with Crippen LogP contribution in [0.15, 0.2) is 0 Å². The maximum atomic E-state index is 11.5. The molecule has 0 bridgehead atoms. The first-order chi connectivity index (χ1) is 15.8. The van der Waals surface area contributed by atoms with Crippen LogP contribution in [-0.4, -0.2) is 103 Å². The molecular formula is C20H32N8O3S. The highest BCUT2D eigenvalue weighted by atomic mass is 32.2. The number of nitrogens with one attached hydrogen (secondary N) is 3. The van der Waals surface area contributed by atoms with Gasteiger partial charge in [0.1, 0.15) is 0 Å². The fraction of sp³-hybridized carbons (Fsp3) is 0.800. The van der Waals surface area contributed by atoms with Gasteiger partial charge in [-0.05, 0) is 12.8 Å². The molecule has 4 saturated heterocycles. The van der Waals surface area contributed by atoms with Gasteiger partial charge >= 0.3 is 6.03 Å². The third-order valence-corrected chi connectivity index (χ3v) is 7.84. The molecule has 4 aliphatic rings. The summed E-state index contributed by atoms with van der Waals surface area (Å²) in [6, 6.07) is 0.545. The number of morpholine rings is 2. The van der Waals surface area contributed by atoms with E-state index in [4.69, 9.17) is 24.4 Å². The van der Waals surface area contributed by atoms with E-state index >= 15 is 0 Å². The van der Waals surface area contributed by atoms with Crippen LogP contribution in [0.2, 0.25) is 0 Å². The summed E-state index contributed by atoms with van der Waals surface area (Å²) in [5.41, 5.74) is 0. The Morgan fingerprint density at radius 1 is 0.938 bits per heavy atom. The Labute approximate surface area is 192 Å². The number of fused-ring (bicyclic) bond motifs is 1. The molecule has 11 nitrogen and oxygen atoms in total. The molecule has 1 aromatic rings. The Morgan fingerprint density at radius 2 is 1.59 bits per heavy atom. The topological polar surface area (TPSA) is 117 Å². The van der Waals surface area contributed by atoms with Crippen molar-refractivity contribution in [2.24, 2.45) is 0 Å². The number of unbranched alkanes of at least 4 members (excludes halogenated alkanes) is 1. The van der Waals surface area contributed by atoms with Crippen molar-refractivity contribution in [2.75, 3.05) is 80.0 Å². The minimum absolute atomic E-state index is 0.0195. The Balaban J connectivity index is 1.15. The number of ether oxygens (including phenoxy) is 2. The molecule has 5 heterocycles. The summed E-state index contributed by atoms with van der Waals surface area (Å²) < 4.78 is 11.0. The second-order valence-electron chi connectivity index (χ2n) is 8.50. The molecular weight excluding hydrogens is 432 g/mol. The van der Waals surface area contributed by atoms with Gasteiger partial charge in [-0.3, -0.25) is 0 Å². The van der Waals surface area contributed by atoms with Gasteiger partial charge in [0.2, 0.25) is 17.8 Å². The lowest BCUT2D eigenvalue weighted by atomic mass is 10.0. The van der Waals surface area contributed by atoms with E-state index in [2.05, 4.69) is 25.8 Å². The fourth-order valence-electron chi connectivity index (χ4n) is 4.56. The summed E-state index contributed by atoms with van der Waals surface area (Å²) in [5, 5.41) is 9.98. The van der Waals surface area contributed by atoms with Crippen LogP contribution in [0.25, 0.3) is 0 Å². The molecule has 3 N–H and O–H groups in total. The van der Waals surface area contributed by atoms with Crippen molar-refractivity contribution >= 4 is 35.6 Å². The van der Waals surface area contributed by atoms with Crippen LogP contribution in [0, 0.1) is 0 Å². The first-order valence-corrected chi connectivity index (χ1v) is 12.6.